The van der Waals surface area contributed by atoms with Crippen molar-refractivity contribution < 1.29 is 14.4 Å². The third-order valence-corrected chi connectivity index (χ3v) is 4.13. The van der Waals surface area contributed by atoms with Crippen molar-refractivity contribution in [1.82, 2.24) is 9.88 Å². The van der Waals surface area contributed by atoms with Gasteiger partial charge in [0, 0.05) is 31.0 Å². The minimum absolute atomic E-state index is 0.104. The van der Waals surface area contributed by atoms with E-state index in [9.17, 15) is 14.4 Å². The van der Waals surface area contributed by atoms with Gasteiger partial charge in [-0.1, -0.05) is 12.2 Å². The van der Waals surface area contributed by atoms with E-state index < -0.39 is 0 Å². The second-order valence-electron chi connectivity index (χ2n) is 5.52. The van der Waals surface area contributed by atoms with Gasteiger partial charge in [-0.05, 0) is 25.0 Å². The summed E-state index contributed by atoms with van der Waals surface area (Å²) in [4.78, 5) is 41.5. The quantitative estimate of drug-likeness (QED) is 0.672. The maximum atomic E-state index is 12.3. The average molecular weight is 299 g/mol. The van der Waals surface area contributed by atoms with Gasteiger partial charge in [-0.25, -0.2) is 0 Å². The number of aromatic nitrogens is 1. The third kappa shape index (κ3) is 2.77. The van der Waals surface area contributed by atoms with E-state index in [1.165, 1.54) is 4.90 Å². The number of amides is 3. The molecule has 2 aliphatic rings. The number of anilines is 1. The van der Waals surface area contributed by atoms with Gasteiger partial charge in [0.2, 0.25) is 17.7 Å². The molecule has 22 heavy (non-hydrogen) atoms. The molecule has 6 heteroatoms. The number of carbonyl (C=O) groups is 3. The van der Waals surface area contributed by atoms with E-state index in [1.54, 1.807) is 24.5 Å². The van der Waals surface area contributed by atoms with Gasteiger partial charge < -0.3 is 5.32 Å². The number of likely N-dealkylation sites (tertiary alicyclic amines) is 1. The molecule has 1 fully saturated rings. The fraction of sp³-hybridized carbons (Fsp3) is 0.375. The van der Waals surface area contributed by atoms with Crippen LogP contribution in [0.15, 0.2) is 36.7 Å². The van der Waals surface area contributed by atoms with Crippen molar-refractivity contribution in [2.24, 2.45) is 11.8 Å². The molecule has 2 atom stereocenters. The lowest BCUT2D eigenvalue weighted by Gasteiger charge is -2.14. The van der Waals surface area contributed by atoms with Crippen molar-refractivity contribution in [1.29, 1.82) is 0 Å². The number of imide groups is 1. The highest BCUT2D eigenvalue weighted by atomic mass is 16.2. The molecular formula is C16H17N3O3. The summed E-state index contributed by atoms with van der Waals surface area (Å²) in [6.07, 6.45) is 8.41. The van der Waals surface area contributed by atoms with E-state index in [0.29, 0.717) is 18.5 Å². The van der Waals surface area contributed by atoms with Crippen LogP contribution < -0.4 is 5.32 Å². The number of hydrogen-bond acceptors (Lipinski definition) is 4. The summed E-state index contributed by atoms with van der Waals surface area (Å²) in [6, 6.07) is 3.37. The normalized spacial score (nSPS) is 23.5. The zero-order chi connectivity index (χ0) is 15.5. The first-order valence-electron chi connectivity index (χ1n) is 7.37. The molecule has 0 radical (unpaired) electrons. The van der Waals surface area contributed by atoms with Crippen molar-refractivity contribution in [3.8, 4) is 0 Å². The van der Waals surface area contributed by atoms with Crippen molar-refractivity contribution >= 4 is 23.4 Å². The summed E-state index contributed by atoms with van der Waals surface area (Å²) in [6.45, 7) is 0.140. The highest BCUT2D eigenvalue weighted by Crippen LogP contribution is 2.34. The van der Waals surface area contributed by atoms with Crippen LogP contribution in [-0.2, 0) is 14.4 Å². The van der Waals surface area contributed by atoms with E-state index in [1.807, 2.05) is 12.2 Å². The Bertz CT molecular complexity index is 601. The lowest BCUT2D eigenvalue weighted by Crippen LogP contribution is -2.34. The number of nitrogens with one attached hydrogen (secondary N) is 1. The molecule has 0 spiro atoms. The molecule has 1 saturated heterocycles. The first-order valence-corrected chi connectivity index (χ1v) is 7.37. The fourth-order valence-electron chi connectivity index (χ4n) is 2.96. The number of carbonyl (C=O) groups excluding carboxylic acids is 3. The zero-order valence-corrected chi connectivity index (χ0v) is 12.1. The molecule has 0 bridgehead atoms. The topological polar surface area (TPSA) is 79.4 Å². The SMILES string of the molecule is O=C(CCN1C(=O)C2CC=CCC2C1=O)Nc1ccncc1. The van der Waals surface area contributed by atoms with Crippen LogP contribution in [0.25, 0.3) is 0 Å². The summed E-state index contributed by atoms with van der Waals surface area (Å²) in [5, 5.41) is 2.72. The van der Waals surface area contributed by atoms with E-state index >= 15 is 0 Å². The number of nitrogens with zero attached hydrogens (tertiary/aromatic N) is 2. The van der Waals surface area contributed by atoms with Crippen LogP contribution in [0.5, 0.6) is 0 Å². The Balaban J connectivity index is 1.56. The number of allylic oxidation sites excluding steroid dienone is 2. The van der Waals surface area contributed by atoms with Gasteiger partial charge in [0.1, 0.15) is 0 Å². The van der Waals surface area contributed by atoms with Crippen LogP contribution in [0.4, 0.5) is 5.69 Å². The van der Waals surface area contributed by atoms with E-state index in [0.717, 1.165) is 0 Å². The molecule has 2 heterocycles. The first-order chi connectivity index (χ1) is 10.7. The number of pyridine rings is 1. The average Bonchev–Trinajstić information content (AvgIpc) is 2.78. The van der Waals surface area contributed by atoms with Crippen LogP contribution in [0, 0.1) is 11.8 Å². The van der Waals surface area contributed by atoms with Crippen molar-refractivity contribution in [2.45, 2.75) is 19.3 Å². The largest absolute Gasteiger partial charge is 0.326 e. The molecule has 1 aromatic heterocycles. The second kappa shape index (κ2) is 6.09. The van der Waals surface area contributed by atoms with Gasteiger partial charge in [-0.15, -0.1) is 0 Å². The van der Waals surface area contributed by atoms with Crippen molar-refractivity contribution in [2.75, 3.05) is 11.9 Å². The first kappa shape index (κ1) is 14.4. The Kier molecular flexibility index (Phi) is 4.00. The summed E-state index contributed by atoms with van der Waals surface area (Å²) in [5.41, 5.74) is 0.650. The van der Waals surface area contributed by atoms with Gasteiger partial charge in [-0.2, -0.15) is 0 Å². The lowest BCUT2D eigenvalue weighted by molar-refractivity contribution is -0.140. The minimum atomic E-state index is -0.235. The van der Waals surface area contributed by atoms with Crippen LogP contribution >= 0.6 is 0 Å². The lowest BCUT2D eigenvalue weighted by atomic mass is 9.85. The van der Waals surface area contributed by atoms with Crippen molar-refractivity contribution in [3.63, 3.8) is 0 Å². The molecule has 1 aliphatic heterocycles. The second-order valence-corrected chi connectivity index (χ2v) is 5.52. The van der Waals surface area contributed by atoms with Gasteiger partial charge in [0.15, 0.2) is 0 Å². The maximum Gasteiger partial charge on any atom is 0.233 e. The molecule has 0 aromatic carbocycles. The van der Waals surface area contributed by atoms with Gasteiger partial charge in [-0.3, -0.25) is 24.3 Å². The summed E-state index contributed by atoms with van der Waals surface area (Å²) < 4.78 is 0. The smallest absolute Gasteiger partial charge is 0.233 e. The van der Waals surface area contributed by atoms with Crippen LogP contribution in [0.2, 0.25) is 0 Å². The monoisotopic (exact) mass is 299 g/mol. The summed E-state index contributed by atoms with van der Waals surface area (Å²) in [5.74, 6) is -0.978. The minimum Gasteiger partial charge on any atom is -0.326 e. The molecule has 114 valence electrons. The number of fused-ring (bicyclic) bond motifs is 1. The molecule has 2 unspecified atom stereocenters. The molecule has 6 nitrogen and oxygen atoms in total. The Morgan fingerprint density at radius 2 is 1.73 bits per heavy atom. The number of hydrogen-bond donors (Lipinski definition) is 1. The molecule has 1 N–H and O–H groups in total. The zero-order valence-electron chi connectivity index (χ0n) is 12.1. The van der Waals surface area contributed by atoms with Gasteiger partial charge in [0.05, 0.1) is 11.8 Å². The van der Waals surface area contributed by atoms with Crippen LogP contribution in [0.3, 0.4) is 0 Å². The molecule has 1 aromatic rings. The third-order valence-electron chi connectivity index (χ3n) is 4.13. The van der Waals surface area contributed by atoms with Crippen LogP contribution in [0.1, 0.15) is 19.3 Å². The van der Waals surface area contributed by atoms with E-state index in [2.05, 4.69) is 10.3 Å². The Hall–Kier alpha value is -2.50. The Morgan fingerprint density at radius 3 is 2.32 bits per heavy atom. The van der Waals surface area contributed by atoms with Crippen molar-refractivity contribution in [3.05, 3.63) is 36.7 Å². The highest BCUT2D eigenvalue weighted by molar-refractivity contribution is 6.05. The predicted octanol–water partition coefficient (Wildman–Crippen LogP) is 1.36. The summed E-state index contributed by atoms with van der Waals surface area (Å²) >= 11 is 0. The van der Waals surface area contributed by atoms with Crippen LogP contribution in [-0.4, -0.2) is 34.2 Å². The fourth-order valence-corrected chi connectivity index (χ4v) is 2.96. The van der Waals surface area contributed by atoms with E-state index in [4.69, 9.17) is 0 Å². The summed E-state index contributed by atoms with van der Waals surface area (Å²) in [7, 11) is 0. The molecule has 3 rings (SSSR count). The molecule has 3 amide bonds. The predicted molar refractivity (Wildman–Crippen MR) is 79.6 cm³/mol. The molecule has 0 saturated carbocycles. The van der Waals surface area contributed by atoms with Gasteiger partial charge >= 0.3 is 0 Å². The maximum absolute atomic E-state index is 12.3. The van der Waals surface area contributed by atoms with E-state index in [-0.39, 0.29) is 42.5 Å². The molecular weight excluding hydrogens is 282 g/mol. The highest BCUT2D eigenvalue weighted by Gasteiger charge is 2.46. The van der Waals surface area contributed by atoms with Gasteiger partial charge in [0.25, 0.3) is 0 Å². The Labute approximate surface area is 128 Å². The molecule has 1 aliphatic carbocycles. The number of rotatable bonds is 4. The standard InChI is InChI=1S/C16H17N3O3/c20-14(18-11-5-8-17-9-6-11)7-10-19-15(21)12-3-1-2-4-13(12)16(19)22/h1-2,5-6,8-9,12-13H,3-4,7,10H2,(H,17,18,20). The Morgan fingerprint density at radius 1 is 1.14 bits per heavy atom.